The zero-order valence-corrected chi connectivity index (χ0v) is 25.1. The lowest BCUT2D eigenvalue weighted by Crippen LogP contribution is -2.47. The van der Waals surface area contributed by atoms with E-state index in [1.165, 1.54) is 0 Å². The standard InChI is InChI=1S/C34H40N4O3/c1-21-15-12-13-18-23(21)29-36-30-26(27(35-8)31(38(30)37-29)40-22-16-10-9-11-17-22)32(39)41-28-24(33(2,3)4)19-14-20-25(28)34(5,6)7/h9-13,15-18,24-25,28H,14,19-20H2,1-7H3,(H,36,37). The van der Waals surface area contributed by atoms with Gasteiger partial charge in [0.1, 0.15) is 17.4 Å². The molecule has 4 aromatic rings. The Hall–Kier alpha value is -4.05. The minimum Gasteiger partial charge on any atom is -0.459 e. The van der Waals surface area contributed by atoms with Gasteiger partial charge in [0.05, 0.1) is 6.57 Å². The highest BCUT2D eigenvalue weighted by Crippen LogP contribution is 2.49. The van der Waals surface area contributed by atoms with E-state index in [9.17, 15) is 4.79 Å². The van der Waals surface area contributed by atoms with Crippen LogP contribution in [0.1, 0.15) is 76.7 Å². The van der Waals surface area contributed by atoms with Gasteiger partial charge in [-0.2, -0.15) is 0 Å². The minimum absolute atomic E-state index is 0.0422. The Morgan fingerprint density at radius 2 is 1.59 bits per heavy atom. The number of aromatic amines is 1. The number of carbonyl (C=O) groups is 1. The zero-order chi connectivity index (χ0) is 29.5. The maximum Gasteiger partial charge on any atom is 0.331 e. The van der Waals surface area contributed by atoms with Crippen LogP contribution in [0.4, 0.5) is 5.69 Å². The van der Waals surface area contributed by atoms with Crippen molar-refractivity contribution in [3.8, 4) is 23.0 Å². The van der Waals surface area contributed by atoms with E-state index in [-0.39, 0.29) is 45.9 Å². The molecular formula is C34H40N4O3. The number of para-hydroxylation sites is 1. The van der Waals surface area contributed by atoms with Crippen molar-refractivity contribution in [1.82, 2.24) is 14.6 Å². The Bertz CT molecular complexity index is 1570. The second-order valence-electron chi connectivity index (χ2n) is 13.3. The van der Waals surface area contributed by atoms with E-state index in [1.807, 2.05) is 61.5 Å². The molecule has 2 heterocycles. The van der Waals surface area contributed by atoms with Crippen LogP contribution < -0.4 is 4.74 Å². The van der Waals surface area contributed by atoms with Crippen LogP contribution >= 0.6 is 0 Å². The Morgan fingerprint density at radius 3 is 2.17 bits per heavy atom. The third kappa shape index (κ3) is 5.48. The van der Waals surface area contributed by atoms with Gasteiger partial charge in [-0.05, 0) is 48.3 Å². The van der Waals surface area contributed by atoms with Crippen molar-refractivity contribution in [1.29, 1.82) is 0 Å². The first-order valence-corrected chi connectivity index (χ1v) is 14.4. The summed E-state index contributed by atoms with van der Waals surface area (Å²) in [4.78, 5) is 22.9. The number of fused-ring (bicyclic) bond motifs is 1. The Kier molecular flexibility index (Phi) is 7.46. The number of nitrogens with one attached hydrogen (secondary N) is 1. The van der Waals surface area contributed by atoms with Crippen molar-refractivity contribution in [3.05, 3.63) is 77.1 Å². The molecule has 0 saturated heterocycles. The fourth-order valence-corrected chi connectivity index (χ4v) is 6.28. The highest BCUT2D eigenvalue weighted by molar-refractivity contribution is 6.05. The van der Waals surface area contributed by atoms with E-state index in [2.05, 4.69) is 51.5 Å². The number of H-pyrrole nitrogens is 1. The SMILES string of the molecule is [C-]#[N+]c1c(C(=O)OC2C(C(C)(C)C)CCCC2C(C)(C)C)c2nc(-c3ccccc3C)[nH]n2c1Oc1ccccc1. The Balaban J connectivity index is 1.65. The Labute approximate surface area is 242 Å². The quantitative estimate of drug-likeness (QED) is 0.198. The second-order valence-corrected chi connectivity index (χ2v) is 13.3. The molecule has 1 aliphatic rings. The van der Waals surface area contributed by atoms with Crippen LogP contribution in [0, 0.1) is 36.2 Å². The summed E-state index contributed by atoms with van der Waals surface area (Å²) in [5.41, 5.74) is 2.39. The monoisotopic (exact) mass is 552 g/mol. The van der Waals surface area contributed by atoms with Gasteiger partial charge in [-0.3, -0.25) is 5.10 Å². The lowest BCUT2D eigenvalue weighted by Gasteiger charge is -2.48. The number of carbonyl (C=O) groups excluding carboxylic acids is 1. The molecule has 2 unspecified atom stereocenters. The maximum atomic E-state index is 14.2. The van der Waals surface area contributed by atoms with E-state index < -0.39 is 5.97 Å². The van der Waals surface area contributed by atoms with Gasteiger partial charge in [-0.1, -0.05) is 90.4 Å². The summed E-state index contributed by atoms with van der Waals surface area (Å²) in [5, 5.41) is 3.29. The van der Waals surface area contributed by atoms with E-state index in [4.69, 9.17) is 21.0 Å². The van der Waals surface area contributed by atoms with Crippen LogP contribution in [-0.2, 0) is 4.74 Å². The lowest BCUT2D eigenvalue weighted by molar-refractivity contribution is -0.0802. The summed E-state index contributed by atoms with van der Waals surface area (Å²) in [6, 6.07) is 17.2. The summed E-state index contributed by atoms with van der Waals surface area (Å²) >= 11 is 0. The van der Waals surface area contributed by atoms with Crippen molar-refractivity contribution < 1.29 is 14.3 Å². The molecule has 1 N–H and O–H groups in total. The largest absolute Gasteiger partial charge is 0.459 e. The highest BCUT2D eigenvalue weighted by atomic mass is 16.5. The van der Waals surface area contributed by atoms with Crippen LogP contribution in [0.2, 0.25) is 0 Å². The van der Waals surface area contributed by atoms with Crippen molar-refractivity contribution in [2.45, 2.75) is 73.8 Å². The topological polar surface area (TPSA) is 73.0 Å². The van der Waals surface area contributed by atoms with Crippen molar-refractivity contribution in [3.63, 3.8) is 0 Å². The van der Waals surface area contributed by atoms with Crippen LogP contribution in [0.3, 0.4) is 0 Å². The van der Waals surface area contributed by atoms with Crippen LogP contribution in [-0.4, -0.2) is 26.7 Å². The molecule has 5 rings (SSSR count). The molecule has 0 aliphatic heterocycles. The predicted molar refractivity (Wildman–Crippen MR) is 161 cm³/mol. The fourth-order valence-electron chi connectivity index (χ4n) is 6.28. The number of hydrogen-bond acceptors (Lipinski definition) is 4. The number of hydrogen-bond donors (Lipinski definition) is 1. The van der Waals surface area contributed by atoms with Crippen LogP contribution in [0.15, 0.2) is 54.6 Å². The van der Waals surface area contributed by atoms with Crippen LogP contribution in [0.5, 0.6) is 11.6 Å². The Morgan fingerprint density at radius 1 is 0.976 bits per heavy atom. The van der Waals surface area contributed by atoms with E-state index in [1.54, 1.807) is 4.52 Å². The first-order valence-electron chi connectivity index (χ1n) is 14.4. The summed E-state index contributed by atoms with van der Waals surface area (Å²) < 4.78 is 14.3. The number of rotatable bonds is 5. The van der Waals surface area contributed by atoms with Crippen LogP contribution in [0.25, 0.3) is 21.9 Å². The number of aryl methyl sites for hydroxylation is 1. The molecule has 0 radical (unpaired) electrons. The van der Waals surface area contributed by atoms with Gasteiger partial charge in [0.25, 0.3) is 5.69 Å². The normalized spacial score (nSPS) is 19.6. The summed E-state index contributed by atoms with van der Waals surface area (Å²) in [5.74, 6) is 1.20. The summed E-state index contributed by atoms with van der Waals surface area (Å²) in [7, 11) is 0. The summed E-state index contributed by atoms with van der Waals surface area (Å²) in [6.45, 7) is 23.4. The van der Waals surface area contributed by atoms with E-state index in [0.29, 0.717) is 17.2 Å². The lowest BCUT2D eigenvalue weighted by atomic mass is 9.61. The molecule has 2 aromatic carbocycles. The third-order valence-electron chi connectivity index (χ3n) is 8.48. The van der Waals surface area contributed by atoms with Gasteiger partial charge < -0.3 is 9.47 Å². The first-order chi connectivity index (χ1) is 19.4. The van der Waals surface area contributed by atoms with Crippen molar-refractivity contribution in [2.75, 3.05) is 0 Å². The van der Waals surface area contributed by atoms with Gasteiger partial charge in [0.2, 0.25) is 5.88 Å². The number of benzene rings is 2. The highest BCUT2D eigenvalue weighted by Gasteiger charge is 2.46. The van der Waals surface area contributed by atoms with Crippen molar-refractivity contribution in [2.24, 2.45) is 22.7 Å². The molecule has 7 nitrogen and oxygen atoms in total. The number of ether oxygens (including phenoxy) is 2. The maximum absolute atomic E-state index is 14.2. The average molecular weight is 553 g/mol. The van der Waals surface area contributed by atoms with E-state index >= 15 is 0 Å². The fraction of sp³-hybridized carbons (Fsp3) is 0.441. The van der Waals surface area contributed by atoms with Gasteiger partial charge in [0.15, 0.2) is 11.5 Å². The summed E-state index contributed by atoms with van der Waals surface area (Å²) in [6.07, 6.45) is 2.82. The van der Waals surface area contributed by atoms with Gasteiger partial charge in [0, 0.05) is 17.4 Å². The van der Waals surface area contributed by atoms with Crippen molar-refractivity contribution >= 4 is 17.3 Å². The van der Waals surface area contributed by atoms with Gasteiger partial charge >= 0.3 is 5.97 Å². The molecule has 0 bridgehead atoms. The smallest absolute Gasteiger partial charge is 0.331 e. The molecule has 7 heteroatoms. The molecule has 214 valence electrons. The molecule has 1 fully saturated rings. The molecular weight excluding hydrogens is 512 g/mol. The first kappa shape index (κ1) is 28.5. The molecule has 0 spiro atoms. The number of nitrogens with zero attached hydrogens (tertiary/aromatic N) is 3. The predicted octanol–water partition coefficient (Wildman–Crippen LogP) is 9.01. The number of esters is 1. The van der Waals surface area contributed by atoms with Gasteiger partial charge in [-0.15, -0.1) is 0 Å². The molecule has 1 aliphatic carbocycles. The number of aromatic nitrogens is 3. The third-order valence-corrected chi connectivity index (χ3v) is 8.48. The molecule has 2 aromatic heterocycles. The molecule has 41 heavy (non-hydrogen) atoms. The average Bonchev–Trinajstić information content (AvgIpc) is 3.45. The van der Waals surface area contributed by atoms with Gasteiger partial charge in [-0.25, -0.2) is 19.1 Å². The minimum atomic E-state index is -0.533. The zero-order valence-electron chi connectivity index (χ0n) is 25.1. The van der Waals surface area contributed by atoms with E-state index in [0.717, 1.165) is 30.4 Å². The second kappa shape index (κ2) is 10.7. The molecule has 0 amide bonds. The molecule has 2 atom stereocenters. The molecule has 1 saturated carbocycles.